The Labute approximate surface area is 162 Å². The highest BCUT2D eigenvalue weighted by Crippen LogP contribution is 2.33. The summed E-state index contributed by atoms with van der Waals surface area (Å²) in [6.07, 6.45) is 4.13. The Bertz CT molecular complexity index is 883. The lowest BCUT2D eigenvalue weighted by Gasteiger charge is -2.34. The van der Waals surface area contributed by atoms with E-state index in [1.165, 1.54) is 0 Å². The first-order valence-electron chi connectivity index (χ1n) is 7.49. The lowest BCUT2D eigenvalue weighted by molar-refractivity contribution is 0.0985. The second-order valence-electron chi connectivity index (χ2n) is 5.56. The van der Waals surface area contributed by atoms with Crippen molar-refractivity contribution >= 4 is 55.8 Å². The van der Waals surface area contributed by atoms with Crippen LogP contribution in [0.2, 0.25) is 0 Å². The van der Waals surface area contributed by atoms with E-state index in [1.807, 2.05) is 21.2 Å². The molecule has 1 fully saturated rings. The number of morpholine rings is 1. The van der Waals surface area contributed by atoms with Crippen molar-refractivity contribution in [1.29, 1.82) is 0 Å². The van der Waals surface area contributed by atoms with Gasteiger partial charge in [0, 0.05) is 18.8 Å². The molecule has 0 spiro atoms. The highest BCUT2D eigenvalue weighted by atomic mass is 127. The largest absolute Gasteiger partial charge is 0.377 e. The molecule has 10 heteroatoms. The van der Waals surface area contributed by atoms with E-state index in [0.29, 0.717) is 12.4 Å². The minimum absolute atomic E-state index is 0.291. The van der Waals surface area contributed by atoms with Crippen LogP contribution in [0, 0.1) is 0 Å². The van der Waals surface area contributed by atoms with Crippen molar-refractivity contribution in [2.75, 3.05) is 24.7 Å². The number of aromatic nitrogens is 5. The fourth-order valence-corrected chi connectivity index (χ4v) is 4.78. The first-order valence-corrected chi connectivity index (χ1v) is 12.3. The highest BCUT2D eigenvalue weighted by Gasteiger charge is 2.23. The molecule has 0 aromatic carbocycles. The van der Waals surface area contributed by atoms with Gasteiger partial charge in [0.05, 0.1) is 47.7 Å². The molecular formula is C14H15BrIN6OP. The molecule has 0 N–H and O–H groups in total. The van der Waals surface area contributed by atoms with Gasteiger partial charge in [-0.2, -0.15) is 10.2 Å². The van der Waals surface area contributed by atoms with Crippen molar-refractivity contribution in [3.8, 4) is 11.4 Å². The highest BCUT2D eigenvalue weighted by molar-refractivity contribution is 14.2. The lowest BCUT2D eigenvalue weighted by atomic mass is 10.2. The van der Waals surface area contributed by atoms with E-state index in [0.717, 1.165) is 47.1 Å². The van der Waals surface area contributed by atoms with Gasteiger partial charge < -0.3 is 9.64 Å². The second-order valence-corrected chi connectivity index (χ2v) is 8.45. The molecule has 3 aromatic rings. The third-order valence-electron chi connectivity index (χ3n) is 4.06. The molecule has 126 valence electrons. The van der Waals surface area contributed by atoms with Gasteiger partial charge in [0.15, 0.2) is 5.65 Å². The average Bonchev–Trinajstić information content (AvgIpc) is 3.21. The fraction of sp³-hybridized carbons (Fsp3) is 0.357. The van der Waals surface area contributed by atoms with E-state index in [9.17, 15) is 0 Å². The standard InChI is InChI=1S/C14H15BrIN6OP/c1-9-8-23-5-4-20(9)13-6-12(11-2-3-17-22(11)24-16)21-14(19-13)10(15)7-18-21/h2-3,6-7,9,24H,4-5,8H2,1H3/t9-/m1/s1. The zero-order chi connectivity index (χ0) is 16.7. The Hall–Kier alpha value is -0.770. The molecule has 1 saturated heterocycles. The maximum Gasteiger partial charge on any atom is 0.172 e. The molecular weight excluding hydrogens is 506 g/mol. The van der Waals surface area contributed by atoms with Crippen LogP contribution in [-0.4, -0.2) is 49.9 Å². The van der Waals surface area contributed by atoms with Crippen LogP contribution in [0.4, 0.5) is 5.82 Å². The third-order valence-corrected chi connectivity index (χ3v) is 6.51. The van der Waals surface area contributed by atoms with Gasteiger partial charge in [0.1, 0.15) is 5.82 Å². The van der Waals surface area contributed by atoms with E-state index in [2.05, 4.69) is 66.1 Å². The van der Waals surface area contributed by atoms with Gasteiger partial charge in [-0.05, 0) is 51.0 Å². The summed E-state index contributed by atoms with van der Waals surface area (Å²) in [4.78, 5) is 7.12. The van der Waals surface area contributed by atoms with Crippen LogP contribution in [0.3, 0.4) is 0 Å². The van der Waals surface area contributed by atoms with Gasteiger partial charge in [-0.25, -0.2) is 14.0 Å². The molecule has 2 atom stereocenters. The van der Waals surface area contributed by atoms with Gasteiger partial charge in [0.25, 0.3) is 0 Å². The van der Waals surface area contributed by atoms with Crippen molar-refractivity contribution in [3.05, 3.63) is 29.0 Å². The number of hydrogen-bond donors (Lipinski definition) is 0. The molecule has 0 aliphatic carbocycles. The van der Waals surface area contributed by atoms with Crippen LogP contribution in [0.15, 0.2) is 29.0 Å². The van der Waals surface area contributed by atoms with E-state index >= 15 is 0 Å². The van der Waals surface area contributed by atoms with E-state index in [1.54, 1.807) is 6.20 Å². The van der Waals surface area contributed by atoms with Crippen LogP contribution >= 0.6 is 44.3 Å². The maximum absolute atomic E-state index is 5.56. The van der Waals surface area contributed by atoms with Crippen LogP contribution in [-0.2, 0) is 4.74 Å². The van der Waals surface area contributed by atoms with Crippen LogP contribution < -0.4 is 4.90 Å². The molecule has 4 rings (SSSR count). The molecule has 4 heterocycles. The molecule has 3 aromatic heterocycles. The lowest BCUT2D eigenvalue weighted by Crippen LogP contribution is -2.44. The topological polar surface area (TPSA) is 60.5 Å². The van der Waals surface area contributed by atoms with E-state index in [4.69, 9.17) is 9.72 Å². The van der Waals surface area contributed by atoms with E-state index in [-0.39, 0.29) is 0 Å². The summed E-state index contributed by atoms with van der Waals surface area (Å²) in [5.41, 5.74) is 2.83. The Morgan fingerprint density at radius 3 is 3.04 bits per heavy atom. The zero-order valence-electron chi connectivity index (χ0n) is 12.9. The van der Waals surface area contributed by atoms with Gasteiger partial charge in [-0.1, -0.05) is 0 Å². The molecule has 0 bridgehead atoms. The summed E-state index contributed by atoms with van der Waals surface area (Å²) >= 11 is 5.90. The zero-order valence-corrected chi connectivity index (χ0v) is 17.6. The molecule has 1 unspecified atom stereocenters. The molecule has 0 amide bonds. The Balaban J connectivity index is 1.92. The van der Waals surface area contributed by atoms with Crippen molar-refractivity contribution in [1.82, 2.24) is 24.1 Å². The number of rotatable bonds is 3. The minimum atomic E-state index is 0.291. The predicted octanol–water partition coefficient (Wildman–Crippen LogP) is 3.37. The van der Waals surface area contributed by atoms with Crippen LogP contribution in [0.1, 0.15) is 6.92 Å². The Kier molecular flexibility index (Phi) is 4.77. The summed E-state index contributed by atoms with van der Waals surface area (Å²) in [5.74, 6) is 0.944. The number of ether oxygens (including phenoxy) is 1. The fourth-order valence-electron chi connectivity index (χ4n) is 2.88. The van der Waals surface area contributed by atoms with Crippen LogP contribution in [0.5, 0.6) is 0 Å². The molecule has 7 nitrogen and oxygen atoms in total. The van der Waals surface area contributed by atoms with Crippen molar-refractivity contribution < 1.29 is 4.74 Å². The normalized spacial score (nSPS) is 19.0. The average molecular weight is 521 g/mol. The first-order chi connectivity index (χ1) is 11.7. The molecule has 1 aliphatic rings. The SMILES string of the molecule is C[C@@H]1COCCN1c1cc(-c2ccnn2PI)n2ncc(Br)c2n1. The second kappa shape index (κ2) is 6.86. The third kappa shape index (κ3) is 2.85. The smallest absolute Gasteiger partial charge is 0.172 e. The maximum atomic E-state index is 5.56. The van der Waals surface area contributed by atoms with E-state index < -0.39 is 0 Å². The quantitative estimate of drug-likeness (QED) is 0.391. The molecule has 0 saturated carbocycles. The number of fused-ring (bicyclic) bond motifs is 1. The van der Waals surface area contributed by atoms with Gasteiger partial charge in [-0.3, -0.25) is 0 Å². The summed E-state index contributed by atoms with van der Waals surface area (Å²) < 4.78 is 10.3. The summed E-state index contributed by atoms with van der Waals surface area (Å²) in [5, 5.41) is 8.87. The Morgan fingerprint density at radius 1 is 1.38 bits per heavy atom. The number of nitrogens with zero attached hydrogens (tertiary/aromatic N) is 6. The van der Waals surface area contributed by atoms with Crippen molar-refractivity contribution in [2.24, 2.45) is 0 Å². The summed E-state index contributed by atoms with van der Waals surface area (Å²) in [6.45, 7) is 4.44. The minimum Gasteiger partial charge on any atom is -0.377 e. The first kappa shape index (κ1) is 16.7. The van der Waals surface area contributed by atoms with Gasteiger partial charge in [-0.15, -0.1) is 0 Å². The molecule has 24 heavy (non-hydrogen) atoms. The van der Waals surface area contributed by atoms with Crippen molar-refractivity contribution in [2.45, 2.75) is 13.0 Å². The van der Waals surface area contributed by atoms with Crippen molar-refractivity contribution in [3.63, 3.8) is 0 Å². The molecule has 1 aliphatic heterocycles. The number of anilines is 1. The number of halogens is 2. The van der Waals surface area contributed by atoms with Crippen LogP contribution in [0.25, 0.3) is 17.0 Å². The molecule has 0 radical (unpaired) electrons. The Morgan fingerprint density at radius 2 is 2.25 bits per heavy atom. The monoisotopic (exact) mass is 520 g/mol. The summed E-state index contributed by atoms with van der Waals surface area (Å²) in [7, 11) is 0. The van der Waals surface area contributed by atoms with Gasteiger partial charge >= 0.3 is 0 Å². The number of hydrogen-bond acceptors (Lipinski definition) is 5. The predicted molar refractivity (Wildman–Crippen MR) is 107 cm³/mol. The summed E-state index contributed by atoms with van der Waals surface area (Å²) in [6, 6.07) is 4.40. The van der Waals surface area contributed by atoms with Gasteiger partial charge in [0.2, 0.25) is 0 Å².